The molecule has 1 atom stereocenters. The third kappa shape index (κ3) is 3.35. The minimum absolute atomic E-state index is 0.134. The molecule has 1 aromatic rings. The summed E-state index contributed by atoms with van der Waals surface area (Å²) in [6.45, 7) is 2.44. The molecule has 21 heavy (non-hydrogen) atoms. The molecule has 0 bridgehead atoms. The van der Waals surface area contributed by atoms with Crippen molar-refractivity contribution < 1.29 is 9.53 Å². The van der Waals surface area contributed by atoms with E-state index in [9.17, 15) is 4.79 Å². The molecule has 1 saturated heterocycles. The number of pyridine rings is 1. The zero-order valence-electron chi connectivity index (χ0n) is 12.8. The highest BCUT2D eigenvalue weighted by Gasteiger charge is 2.35. The molecule has 1 aliphatic carbocycles. The molecule has 0 spiro atoms. The molecular formula is C16H23N3O2. The fourth-order valence-corrected chi connectivity index (χ4v) is 2.75. The van der Waals surface area contributed by atoms with E-state index in [1.165, 1.54) is 0 Å². The van der Waals surface area contributed by atoms with Crippen molar-refractivity contribution in [1.82, 2.24) is 9.88 Å². The van der Waals surface area contributed by atoms with Gasteiger partial charge in [0, 0.05) is 51.0 Å². The van der Waals surface area contributed by atoms with Crippen LogP contribution in [0.2, 0.25) is 0 Å². The Morgan fingerprint density at radius 3 is 2.81 bits per heavy atom. The second-order valence-electron chi connectivity index (χ2n) is 6.22. The molecule has 2 fully saturated rings. The molecule has 1 aliphatic heterocycles. The largest absolute Gasteiger partial charge is 0.381 e. The first-order valence-electron chi connectivity index (χ1n) is 7.67. The maximum absolute atomic E-state index is 12.8. The van der Waals surface area contributed by atoms with Gasteiger partial charge in [0.1, 0.15) is 5.82 Å². The summed E-state index contributed by atoms with van der Waals surface area (Å²) in [5, 5.41) is 0. The van der Waals surface area contributed by atoms with Gasteiger partial charge in [-0.25, -0.2) is 4.98 Å². The maximum Gasteiger partial charge on any atom is 0.254 e. The highest BCUT2D eigenvalue weighted by Crippen LogP contribution is 2.30. The quantitative estimate of drug-likeness (QED) is 0.829. The Labute approximate surface area is 125 Å². The molecule has 1 aromatic heterocycles. The lowest BCUT2D eigenvalue weighted by Gasteiger charge is -2.25. The Kier molecular flexibility index (Phi) is 4.10. The number of aromatic nitrogens is 1. The van der Waals surface area contributed by atoms with Crippen molar-refractivity contribution in [3.63, 3.8) is 0 Å². The van der Waals surface area contributed by atoms with Crippen LogP contribution in [0.4, 0.5) is 5.82 Å². The van der Waals surface area contributed by atoms with E-state index in [4.69, 9.17) is 4.74 Å². The number of rotatable bonds is 5. The van der Waals surface area contributed by atoms with Gasteiger partial charge in [0.05, 0.1) is 6.61 Å². The van der Waals surface area contributed by atoms with Crippen LogP contribution in [0.5, 0.6) is 0 Å². The molecule has 5 nitrogen and oxygen atoms in total. The van der Waals surface area contributed by atoms with E-state index in [0.717, 1.165) is 50.4 Å². The van der Waals surface area contributed by atoms with Gasteiger partial charge >= 0.3 is 0 Å². The molecule has 0 aromatic carbocycles. The first kappa shape index (κ1) is 14.3. The Balaban J connectivity index is 1.75. The number of hydrogen-bond acceptors (Lipinski definition) is 4. The van der Waals surface area contributed by atoms with E-state index < -0.39 is 0 Å². The second kappa shape index (κ2) is 6.02. The third-order valence-electron chi connectivity index (χ3n) is 4.18. The molecule has 3 rings (SSSR count). The number of anilines is 1. The van der Waals surface area contributed by atoms with Gasteiger partial charge in [-0.1, -0.05) is 0 Å². The summed E-state index contributed by atoms with van der Waals surface area (Å²) < 4.78 is 5.44. The van der Waals surface area contributed by atoms with Crippen LogP contribution in [-0.4, -0.2) is 55.7 Å². The van der Waals surface area contributed by atoms with Crippen molar-refractivity contribution in [2.45, 2.75) is 25.3 Å². The zero-order chi connectivity index (χ0) is 14.8. The number of carbonyl (C=O) groups is 1. The number of ether oxygens (including phenoxy) is 1. The lowest BCUT2D eigenvalue weighted by molar-refractivity contribution is 0.0706. The van der Waals surface area contributed by atoms with Crippen LogP contribution in [0.1, 0.15) is 29.6 Å². The molecule has 0 N–H and O–H groups in total. The zero-order valence-corrected chi connectivity index (χ0v) is 12.8. The first-order chi connectivity index (χ1) is 10.1. The van der Waals surface area contributed by atoms with Gasteiger partial charge < -0.3 is 14.5 Å². The molecule has 0 radical (unpaired) electrons. The van der Waals surface area contributed by atoms with Gasteiger partial charge in [0.25, 0.3) is 5.91 Å². The van der Waals surface area contributed by atoms with Crippen LogP contribution < -0.4 is 4.90 Å². The van der Waals surface area contributed by atoms with Gasteiger partial charge in [-0.2, -0.15) is 0 Å². The summed E-state index contributed by atoms with van der Waals surface area (Å²) in [5.41, 5.74) is 0.736. The fourth-order valence-electron chi connectivity index (χ4n) is 2.75. The van der Waals surface area contributed by atoms with Crippen LogP contribution in [0.25, 0.3) is 0 Å². The van der Waals surface area contributed by atoms with Crippen LogP contribution in [0, 0.1) is 5.92 Å². The Morgan fingerprint density at radius 2 is 2.19 bits per heavy atom. The predicted molar refractivity (Wildman–Crippen MR) is 81.5 cm³/mol. The number of carbonyl (C=O) groups excluding carboxylic acids is 1. The summed E-state index contributed by atoms with van der Waals surface area (Å²) in [6.07, 6.45) is 5.04. The summed E-state index contributed by atoms with van der Waals surface area (Å²) in [6, 6.07) is 4.12. The van der Waals surface area contributed by atoms with Gasteiger partial charge in [-0.3, -0.25) is 4.79 Å². The lowest BCUT2D eigenvalue weighted by atomic mass is 10.1. The summed E-state index contributed by atoms with van der Waals surface area (Å²) in [4.78, 5) is 21.1. The molecule has 1 amide bonds. The van der Waals surface area contributed by atoms with Crippen molar-refractivity contribution in [3.8, 4) is 0 Å². The highest BCUT2D eigenvalue weighted by molar-refractivity contribution is 5.95. The van der Waals surface area contributed by atoms with Crippen molar-refractivity contribution in [1.29, 1.82) is 0 Å². The summed E-state index contributed by atoms with van der Waals surface area (Å²) in [7, 11) is 3.87. The predicted octanol–water partition coefficient (Wildman–Crippen LogP) is 1.79. The monoisotopic (exact) mass is 289 g/mol. The smallest absolute Gasteiger partial charge is 0.254 e. The van der Waals surface area contributed by atoms with Crippen LogP contribution >= 0.6 is 0 Å². The molecule has 1 unspecified atom stereocenters. The van der Waals surface area contributed by atoms with Crippen molar-refractivity contribution in [3.05, 3.63) is 23.9 Å². The summed E-state index contributed by atoms with van der Waals surface area (Å²) >= 11 is 0. The Morgan fingerprint density at radius 1 is 1.38 bits per heavy atom. The van der Waals surface area contributed by atoms with Crippen molar-refractivity contribution in [2.75, 3.05) is 38.8 Å². The standard InChI is InChI=1S/C16H23N3O2/c1-18(2)15-9-13(5-7-17-15)16(20)19(14-3-4-14)10-12-6-8-21-11-12/h5,7,9,12,14H,3-4,6,8,10-11H2,1-2H3. The van der Waals surface area contributed by atoms with E-state index >= 15 is 0 Å². The average Bonchev–Trinajstić information content (AvgIpc) is 3.20. The van der Waals surface area contributed by atoms with Crippen LogP contribution in [0.15, 0.2) is 18.3 Å². The molecule has 114 valence electrons. The van der Waals surface area contributed by atoms with Crippen LogP contribution in [-0.2, 0) is 4.74 Å². The average molecular weight is 289 g/mol. The van der Waals surface area contributed by atoms with Gasteiger partial charge in [0.15, 0.2) is 0 Å². The molecule has 2 heterocycles. The van der Waals surface area contributed by atoms with Crippen molar-refractivity contribution >= 4 is 11.7 Å². The van der Waals surface area contributed by atoms with E-state index in [-0.39, 0.29) is 5.91 Å². The van der Waals surface area contributed by atoms with Crippen molar-refractivity contribution in [2.24, 2.45) is 5.92 Å². The molecular weight excluding hydrogens is 266 g/mol. The van der Waals surface area contributed by atoms with E-state index in [1.807, 2.05) is 36.0 Å². The third-order valence-corrected chi connectivity index (χ3v) is 4.18. The second-order valence-corrected chi connectivity index (χ2v) is 6.22. The topological polar surface area (TPSA) is 45.7 Å². The highest BCUT2D eigenvalue weighted by atomic mass is 16.5. The molecule has 1 saturated carbocycles. The maximum atomic E-state index is 12.8. The lowest BCUT2D eigenvalue weighted by Crippen LogP contribution is -2.37. The number of hydrogen-bond donors (Lipinski definition) is 0. The SMILES string of the molecule is CN(C)c1cc(C(=O)N(CC2CCOC2)C2CC2)ccn1. The molecule has 2 aliphatic rings. The number of nitrogens with zero attached hydrogens (tertiary/aromatic N) is 3. The number of amides is 1. The minimum Gasteiger partial charge on any atom is -0.381 e. The van der Waals surface area contributed by atoms with Gasteiger partial charge in [0.2, 0.25) is 0 Å². The van der Waals surface area contributed by atoms with Gasteiger partial charge in [-0.05, 0) is 31.4 Å². The van der Waals surface area contributed by atoms with E-state index in [2.05, 4.69) is 4.98 Å². The van der Waals surface area contributed by atoms with Gasteiger partial charge in [-0.15, -0.1) is 0 Å². The fraction of sp³-hybridized carbons (Fsp3) is 0.625. The normalized spacial score (nSPS) is 21.3. The molecule has 5 heteroatoms. The Bertz CT molecular complexity index is 508. The minimum atomic E-state index is 0.134. The van der Waals surface area contributed by atoms with Crippen LogP contribution in [0.3, 0.4) is 0 Å². The summed E-state index contributed by atoms with van der Waals surface area (Å²) in [5.74, 6) is 1.44. The Hall–Kier alpha value is -1.62. The first-order valence-corrected chi connectivity index (χ1v) is 7.67. The van der Waals surface area contributed by atoms with E-state index in [1.54, 1.807) is 6.20 Å². The van der Waals surface area contributed by atoms with E-state index in [0.29, 0.717) is 12.0 Å².